The van der Waals surface area contributed by atoms with Gasteiger partial charge in [0.05, 0.1) is 43.1 Å². The van der Waals surface area contributed by atoms with E-state index in [0.717, 1.165) is 17.8 Å². The van der Waals surface area contributed by atoms with Crippen LogP contribution in [0.15, 0.2) is 24.4 Å². The van der Waals surface area contributed by atoms with Gasteiger partial charge < -0.3 is 14.8 Å². The molecule has 148 valence electrons. The average molecular weight is 383 g/mol. The average Bonchev–Trinajstić information content (AvgIpc) is 2.84. The Morgan fingerprint density at radius 2 is 1.75 bits per heavy atom. The lowest BCUT2D eigenvalue weighted by atomic mass is 9.83. The van der Waals surface area contributed by atoms with E-state index in [-0.39, 0.29) is 16.5 Å². The van der Waals surface area contributed by atoms with Gasteiger partial charge in [-0.1, -0.05) is 27.7 Å². The molecule has 28 heavy (non-hydrogen) atoms. The summed E-state index contributed by atoms with van der Waals surface area (Å²) in [5, 5.41) is 2.76. The minimum atomic E-state index is -0.501. The van der Waals surface area contributed by atoms with Crippen LogP contribution in [0.3, 0.4) is 0 Å². The molecule has 0 saturated carbocycles. The van der Waals surface area contributed by atoms with E-state index in [4.69, 9.17) is 9.47 Å². The summed E-state index contributed by atoms with van der Waals surface area (Å²) in [5.74, 6) is -0.493. The molecule has 3 rings (SSSR count). The fourth-order valence-electron chi connectivity index (χ4n) is 3.97. The summed E-state index contributed by atoms with van der Waals surface area (Å²) in [6.07, 6.45) is 2.41. The van der Waals surface area contributed by atoms with Crippen molar-refractivity contribution in [2.24, 2.45) is 0 Å². The second-order valence-electron chi connectivity index (χ2n) is 8.26. The lowest BCUT2D eigenvalue weighted by Gasteiger charge is -2.21. The number of nitrogens with zero attached hydrogens (tertiary/aromatic N) is 2. The molecule has 0 fully saturated rings. The molecule has 0 saturated heterocycles. The lowest BCUT2D eigenvalue weighted by Crippen LogP contribution is -2.20. The van der Waals surface area contributed by atoms with Crippen molar-refractivity contribution in [3.05, 3.63) is 47.0 Å². The Morgan fingerprint density at radius 3 is 2.39 bits per heavy atom. The number of benzene rings is 1. The van der Waals surface area contributed by atoms with Crippen LogP contribution in [0.5, 0.6) is 5.75 Å². The third kappa shape index (κ3) is 3.44. The summed E-state index contributed by atoms with van der Waals surface area (Å²) in [4.78, 5) is 33.8. The SMILES string of the molecule is COC(=O)c1ccc(OC)c(NC(=O)c2cnc3c(n2)C(C)(C)CC3(C)C)c1. The predicted octanol–water partition coefficient (Wildman–Crippen LogP) is 3.48. The second-order valence-corrected chi connectivity index (χ2v) is 8.26. The number of hydrogen-bond acceptors (Lipinski definition) is 6. The van der Waals surface area contributed by atoms with Gasteiger partial charge in [-0.15, -0.1) is 0 Å². The number of anilines is 1. The maximum absolute atomic E-state index is 12.8. The van der Waals surface area contributed by atoms with Crippen molar-refractivity contribution in [2.45, 2.75) is 44.9 Å². The lowest BCUT2D eigenvalue weighted by molar-refractivity contribution is 0.0600. The molecule has 0 spiro atoms. The highest BCUT2D eigenvalue weighted by Gasteiger charge is 2.44. The van der Waals surface area contributed by atoms with Crippen LogP contribution in [0.2, 0.25) is 0 Å². The zero-order valence-corrected chi connectivity index (χ0v) is 17.0. The normalized spacial score (nSPS) is 16.2. The summed E-state index contributed by atoms with van der Waals surface area (Å²) in [7, 11) is 2.79. The summed E-state index contributed by atoms with van der Waals surface area (Å²) in [6.45, 7) is 8.50. The van der Waals surface area contributed by atoms with Crippen molar-refractivity contribution < 1.29 is 19.1 Å². The number of ether oxygens (including phenoxy) is 2. The monoisotopic (exact) mass is 383 g/mol. The first-order chi connectivity index (χ1) is 13.1. The van der Waals surface area contributed by atoms with Crippen molar-refractivity contribution in [2.75, 3.05) is 19.5 Å². The van der Waals surface area contributed by atoms with Gasteiger partial charge in [-0.25, -0.2) is 9.78 Å². The van der Waals surface area contributed by atoms with E-state index in [1.165, 1.54) is 26.5 Å². The van der Waals surface area contributed by atoms with Gasteiger partial charge in [-0.2, -0.15) is 0 Å². The van der Waals surface area contributed by atoms with Gasteiger partial charge in [0.2, 0.25) is 0 Å². The van der Waals surface area contributed by atoms with Crippen LogP contribution in [-0.2, 0) is 15.6 Å². The minimum absolute atomic E-state index is 0.0844. The third-order valence-electron chi connectivity index (χ3n) is 5.04. The van der Waals surface area contributed by atoms with Crippen LogP contribution in [-0.4, -0.2) is 36.1 Å². The smallest absolute Gasteiger partial charge is 0.337 e. The molecule has 0 atom stereocenters. The first-order valence-corrected chi connectivity index (χ1v) is 9.05. The largest absolute Gasteiger partial charge is 0.495 e. The van der Waals surface area contributed by atoms with Gasteiger partial charge in [0.1, 0.15) is 11.4 Å². The summed E-state index contributed by atoms with van der Waals surface area (Å²) >= 11 is 0. The molecule has 1 heterocycles. The molecule has 7 heteroatoms. The Balaban J connectivity index is 1.94. The molecule has 1 N–H and O–H groups in total. The first-order valence-electron chi connectivity index (χ1n) is 9.05. The van der Waals surface area contributed by atoms with Crippen LogP contribution in [0.1, 0.15) is 66.4 Å². The Morgan fingerprint density at radius 1 is 1.07 bits per heavy atom. The van der Waals surface area contributed by atoms with Gasteiger partial charge in [-0.3, -0.25) is 9.78 Å². The summed E-state index contributed by atoms with van der Waals surface area (Å²) < 4.78 is 10.0. The molecule has 1 amide bonds. The van der Waals surface area contributed by atoms with Gasteiger partial charge >= 0.3 is 5.97 Å². The van der Waals surface area contributed by atoms with E-state index in [1.807, 2.05) is 0 Å². The molecule has 1 aliphatic carbocycles. The quantitative estimate of drug-likeness (QED) is 0.813. The fourth-order valence-corrected chi connectivity index (χ4v) is 3.97. The molecule has 1 aromatic heterocycles. The molecule has 1 aromatic carbocycles. The number of nitrogens with one attached hydrogen (secondary N) is 1. The molecule has 0 radical (unpaired) electrons. The zero-order chi connectivity index (χ0) is 20.7. The number of amides is 1. The van der Waals surface area contributed by atoms with Crippen molar-refractivity contribution >= 4 is 17.6 Å². The van der Waals surface area contributed by atoms with Gasteiger partial charge in [-0.05, 0) is 24.6 Å². The highest BCUT2D eigenvalue weighted by Crippen LogP contribution is 2.47. The van der Waals surface area contributed by atoms with Gasteiger partial charge in [0.15, 0.2) is 0 Å². The minimum Gasteiger partial charge on any atom is -0.495 e. The van der Waals surface area contributed by atoms with E-state index in [9.17, 15) is 9.59 Å². The fraction of sp³-hybridized carbons (Fsp3) is 0.429. The summed E-state index contributed by atoms with van der Waals surface area (Å²) in [5.41, 5.74) is 2.41. The Kier molecular flexibility index (Phi) is 4.87. The Labute approximate surface area is 164 Å². The predicted molar refractivity (Wildman–Crippen MR) is 105 cm³/mol. The maximum atomic E-state index is 12.8. The standard InChI is InChI=1S/C21H25N3O4/c1-20(2)11-21(3,4)17-16(20)22-10-14(23-17)18(25)24-13-9-12(19(26)28-6)7-8-15(13)27-5/h7-10H,11H2,1-6H3,(H,24,25). The number of methoxy groups -OCH3 is 2. The van der Waals surface area contributed by atoms with E-state index in [0.29, 0.717) is 17.0 Å². The van der Waals surface area contributed by atoms with Gasteiger partial charge in [0, 0.05) is 10.8 Å². The maximum Gasteiger partial charge on any atom is 0.337 e. The Bertz CT molecular complexity index is 951. The van der Waals surface area contributed by atoms with Crippen molar-refractivity contribution in [1.82, 2.24) is 9.97 Å². The molecule has 0 aliphatic heterocycles. The van der Waals surface area contributed by atoms with Crippen LogP contribution in [0.4, 0.5) is 5.69 Å². The molecule has 7 nitrogen and oxygen atoms in total. The van der Waals surface area contributed by atoms with E-state index in [1.54, 1.807) is 12.1 Å². The highest BCUT2D eigenvalue weighted by molar-refractivity contribution is 6.04. The number of esters is 1. The number of fused-ring (bicyclic) bond motifs is 1. The number of carbonyl (C=O) groups excluding carboxylic acids is 2. The van der Waals surface area contributed by atoms with Crippen LogP contribution < -0.4 is 10.1 Å². The molecule has 2 aromatic rings. The van der Waals surface area contributed by atoms with Crippen LogP contribution >= 0.6 is 0 Å². The number of aromatic nitrogens is 2. The van der Waals surface area contributed by atoms with Gasteiger partial charge in [0.25, 0.3) is 5.91 Å². The van der Waals surface area contributed by atoms with Crippen molar-refractivity contribution in [1.29, 1.82) is 0 Å². The molecule has 1 aliphatic rings. The molecule has 0 bridgehead atoms. The van der Waals surface area contributed by atoms with Crippen LogP contribution in [0.25, 0.3) is 0 Å². The highest BCUT2D eigenvalue weighted by atomic mass is 16.5. The first kappa shape index (κ1) is 19.8. The third-order valence-corrected chi connectivity index (χ3v) is 5.04. The number of carbonyl (C=O) groups is 2. The zero-order valence-electron chi connectivity index (χ0n) is 17.0. The molecular formula is C21H25N3O4. The topological polar surface area (TPSA) is 90.4 Å². The van der Waals surface area contributed by atoms with Crippen molar-refractivity contribution in [3.8, 4) is 5.75 Å². The molecular weight excluding hydrogens is 358 g/mol. The Hall–Kier alpha value is -2.96. The van der Waals surface area contributed by atoms with Crippen molar-refractivity contribution in [3.63, 3.8) is 0 Å². The van der Waals surface area contributed by atoms with E-state index >= 15 is 0 Å². The summed E-state index contributed by atoms with van der Waals surface area (Å²) in [6, 6.07) is 4.68. The second kappa shape index (κ2) is 6.89. The van der Waals surface area contributed by atoms with Crippen LogP contribution in [0, 0.1) is 0 Å². The number of rotatable bonds is 4. The van der Waals surface area contributed by atoms with E-state index in [2.05, 4.69) is 43.0 Å². The van der Waals surface area contributed by atoms with E-state index < -0.39 is 11.9 Å². The number of hydrogen-bond donors (Lipinski definition) is 1. The molecule has 0 unspecified atom stereocenters.